The molecule has 1 aromatic carbocycles. The second-order valence-corrected chi connectivity index (χ2v) is 4.67. The van der Waals surface area contributed by atoms with E-state index in [-0.39, 0.29) is 23.0 Å². The number of fused-ring (bicyclic) bond motifs is 1. The highest BCUT2D eigenvalue weighted by Gasteiger charge is 2.13. The maximum absolute atomic E-state index is 11.8. The number of rotatable bonds is 2. The lowest BCUT2D eigenvalue weighted by Gasteiger charge is -2.06. The number of nitrogens with two attached hydrogens (primary N) is 2. The van der Waals surface area contributed by atoms with Crippen molar-refractivity contribution in [2.45, 2.75) is 13.5 Å². The first kappa shape index (κ1) is 12.2. The minimum Gasteiger partial charge on any atom is -0.369 e. The maximum Gasteiger partial charge on any atom is 0.280 e. The van der Waals surface area contributed by atoms with Crippen molar-refractivity contribution in [1.82, 2.24) is 19.5 Å². The normalized spacial score (nSPS) is 11.1. The van der Waals surface area contributed by atoms with Crippen LogP contribution in [0.3, 0.4) is 0 Å². The molecule has 0 aliphatic rings. The van der Waals surface area contributed by atoms with Gasteiger partial charge < -0.3 is 11.5 Å². The standard InChI is InChI=1S/C13H14N6O/c1-7-2-4-8(5-3-7)6-19-10-9(16-13(19)15)11(20)18-12(14)17-10/h2-5H,6H2,1H3,(H2,15,16)(H3,14,17,18,20). The lowest BCUT2D eigenvalue weighted by Crippen LogP contribution is -2.12. The molecule has 5 N–H and O–H groups in total. The van der Waals surface area contributed by atoms with E-state index in [1.807, 2.05) is 31.2 Å². The van der Waals surface area contributed by atoms with Crippen molar-refractivity contribution in [1.29, 1.82) is 0 Å². The Balaban J connectivity index is 2.13. The summed E-state index contributed by atoms with van der Waals surface area (Å²) in [4.78, 5) is 22.3. The molecule has 0 aliphatic carbocycles. The number of aromatic nitrogens is 4. The molecule has 0 unspecified atom stereocenters. The first-order chi connectivity index (χ1) is 9.54. The summed E-state index contributed by atoms with van der Waals surface area (Å²) in [6.07, 6.45) is 0. The maximum atomic E-state index is 11.8. The van der Waals surface area contributed by atoms with Crippen LogP contribution in [0.5, 0.6) is 0 Å². The van der Waals surface area contributed by atoms with Crippen molar-refractivity contribution in [2.75, 3.05) is 11.5 Å². The molecule has 2 heterocycles. The Morgan fingerprint density at radius 1 is 1.20 bits per heavy atom. The number of H-pyrrole nitrogens is 1. The molecular weight excluding hydrogens is 256 g/mol. The fourth-order valence-corrected chi connectivity index (χ4v) is 2.08. The molecule has 0 fully saturated rings. The lowest BCUT2D eigenvalue weighted by atomic mass is 10.1. The van der Waals surface area contributed by atoms with Gasteiger partial charge in [0.2, 0.25) is 11.9 Å². The molecular formula is C13H14N6O. The molecule has 0 saturated heterocycles. The van der Waals surface area contributed by atoms with Gasteiger partial charge in [0.25, 0.3) is 5.56 Å². The largest absolute Gasteiger partial charge is 0.369 e. The Morgan fingerprint density at radius 3 is 2.60 bits per heavy atom. The van der Waals surface area contributed by atoms with E-state index < -0.39 is 0 Å². The van der Waals surface area contributed by atoms with Gasteiger partial charge in [-0.1, -0.05) is 29.8 Å². The molecule has 0 aliphatic heterocycles. The molecule has 0 radical (unpaired) electrons. The molecule has 0 spiro atoms. The third-order valence-corrected chi connectivity index (χ3v) is 3.11. The predicted molar refractivity (Wildman–Crippen MR) is 77.3 cm³/mol. The Hall–Kier alpha value is -2.83. The SMILES string of the molecule is Cc1ccc(Cn2c(N)nc3c(=O)[nH]c(N)nc32)cc1. The number of benzene rings is 1. The van der Waals surface area contributed by atoms with Crippen molar-refractivity contribution in [3.63, 3.8) is 0 Å². The molecule has 7 heteroatoms. The topological polar surface area (TPSA) is 116 Å². The highest BCUT2D eigenvalue weighted by Crippen LogP contribution is 2.15. The van der Waals surface area contributed by atoms with E-state index in [2.05, 4.69) is 15.0 Å². The first-order valence-corrected chi connectivity index (χ1v) is 6.11. The summed E-state index contributed by atoms with van der Waals surface area (Å²) < 4.78 is 1.67. The van der Waals surface area contributed by atoms with Gasteiger partial charge in [0.05, 0.1) is 6.54 Å². The molecule has 0 atom stereocenters. The van der Waals surface area contributed by atoms with Crippen LogP contribution in [0.1, 0.15) is 11.1 Å². The van der Waals surface area contributed by atoms with Gasteiger partial charge in [-0.05, 0) is 12.5 Å². The lowest BCUT2D eigenvalue weighted by molar-refractivity contribution is 0.827. The monoisotopic (exact) mass is 270 g/mol. The van der Waals surface area contributed by atoms with Crippen LogP contribution in [0.25, 0.3) is 11.2 Å². The number of nitrogens with one attached hydrogen (secondary N) is 1. The van der Waals surface area contributed by atoms with Crippen LogP contribution in [0.4, 0.5) is 11.9 Å². The minimum atomic E-state index is -0.387. The van der Waals surface area contributed by atoms with E-state index >= 15 is 0 Å². The van der Waals surface area contributed by atoms with Gasteiger partial charge in [0.15, 0.2) is 11.2 Å². The zero-order chi connectivity index (χ0) is 14.3. The summed E-state index contributed by atoms with van der Waals surface area (Å²) in [5.41, 5.74) is 13.9. The number of anilines is 2. The highest BCUT2D eigenvalue weighted by molar-refractivity contribution is 5.74. The van der Waals surface area contributed by atoms with Gasteiger partial charge in [0.1, 0.15) is 0 Å². The molecule has 102 valence electrons. The zero-order valence-electron chi connectivity index (χ0n) is 10.9. The molecule has 0 bridgehead atoms. The second kappa shape index (κ2) is 4.37. The van der Waals surface area contributed by atoms with E-state index in [4.69, 9.17) is 11.5 Å². The number of aromatic amines is 1. The van der Waals surface area contributed by atoms with Crippen molar-refractivity contribution in [3.05, 3.63) is 45.7 Å². The Morgan fingerprint density at radius 2 is 1.90 bits per heavy atom. The van der Waals surface area contributed by atoms with Gasteiger partial charge in [0, 0.05) is 0 Å². The average molecular weight is 270 g/mol. The van der Waals surface area contributed by atoms with Gasteiger partial charge in [-0.2, -0.15) is 4.98 Å². The summed E-state index contributed by atoms with van der Waals surface area (Å²) in [5.74, 6) is 0.289. The number of imidazole rings is 1. The molecule has 7 nitrogen and oxygen atoms in total. The third kappa shape index (κ3) is 1.99. The summed E-state index contributed by atoms with van der Waals surface area (Å²) >= 11 is 0. The van der Waals surface area contributed by atoms with Crippen LogP contribution in [-0.4, -0.2) is 19.5 Å². The number of hydrogen-bond acceptors (Lipinski definition) is 5. The minimum absolute atomic E-state index is 0.0487. The van der Waals surface area contributed by atoms with Crippen LogP contribution in [0.2, 0.25) is 0 Å². The first-order valence-electron chi connectivity index (χ1n) is 6.11. The van der Waals surface area contributed by atoms with Crippen molar-refractivity contribution < 1.29 is 0 Å². The highest BCUT2D eigenvalue weighted by atomic mass is 16.1. The molecule has 20 heavy (non-hydrogen) atoms. The third-order valence-electron chi connectivity index (χ3n) is 3.11. The number of nitrogens with zero attached hydrogens (tertiary/aromatic N) is 3. The van der Waals surface area contributed by atoms with Gasteiger partial charge >= 0.3 is 0 Å². The number of aryl methyl sites for hydroxylation is 1. The van der Waals surface area contributed by atoms with E-state index in [1.54, 1.807) is 4.57 Å². The zero-order valence-corrected chi connectivity index (χ0v) is 10.9. The quantitative estimate of drug-likeness (QED) is 0.632. The van der Waals surface area contributed by atoms with E-state index in [0.29, 0.717) is 12.2 Å². The predicted octanol–water partition coefficient (Wildman–Crippen LogP) is 0.641. The summed E-state index contributed by atoms with van der Waals surface area (Å²) in [6, 6.07) is 8.02. The van der Waals surface area contributed by atoms with Crippen LogP contribution in [0.15, 0.2) is 29.1 Å². The fraction of sp³-hybridized carbons (Fsp3) is 0.154. The van der Waals surface area contributed by atoms with Crippen molar-refractivity contribution >= 4 is 23.1 Å². The van der Waals surface area contributed by atoms with Crippen LogP contribution >= 0.6 is 0 Å². The van der Waals surface area contributed by atoms with E-state index in [1.165, 1.54) is 5.56 Å². The number of nitrogen functional groups attached to an aromatic ring is 2. The van der Waals surface area contributed by atoms with E-state index in [9.17, 15) is 4.79 Å². The average Bonchev–Trinajstić information content (AvgIpc) is 2.70. The molecule has 2 aromatic heterocycles. The Kier molecular flexibility index (Phi) is 2.67. The summed E-state index contributed by atoms with van der Waals surface area (Å²) in [7, 11) is 0. The van der Waals surface area contributed by atoms with Gasteiger partial charge in [-0.25, -0.2) is 4.98 Å². The Bertz CT molecular complexity index is 830. The van der Waals surface area contributed by atoms with Crippen molar-refractivity contribution in [3.8, 4) is 0 Å². The second-order valence-electron chi connectivity index (χ2n) is 4.67. The molecule has 0 amide bonds. The summed E-state index contributed by atoms with van der Waals surface area (Å²) in [6.45, 7) is 2.51. The van der Waals surface area contributed by atoms with Crippen LogP contribution in [-0.2, 0) is 6.54 Å². The van der Waals surface area contributed by atoms with Crippen molar-refractivity contribution in [2.24, 2.45) is 0 Å². The Labute approximate surface area is 114 Å². The fourth-order valence-electron chi connectivity index (χ4n) is 2.08. The number of hydrogen-bond donors (Lipinski definition) is 3. The smallest absolute Gasteiger partial charge is 0.280 e. The van der Waals surface area contributed by atoms with Crippen LogP contribution < -0.4 is 17.0 Å². The molecule has 0 saturated carbocycles. The van der Waals surface area contributed by atoms with E-state index in [0.717, 1.165) is 5.56 Å². The van der Waals surface area contributed by atoms with Gasteiger partial charge in [-0.3, -0.25) is 14.3 Å². The van der Waals surface area contributed by atoms with Crippen LogP contribution in [0, 0.1) is 6.92 Å². The molecule has 3 aromatic rings. The molecule has 3 rings (SSSR count). The summed E-state index contributed by atoms with van der Waals surface area (Å²) in [5, 5.41) is 0. The van der Waals surface area contributed by atoms with Gasteiger partial charge in [-0.15, -0.1) is 0 Å².